The van der Waals surface area contributed by atoms with Crippen LogP contribution in [0.5, 0.6) is 0 Å². The molecule has 1 fully saturated rings. The Morgan fingerprint density at radius 3 is 2.35 bits per heavy atom. The third kappa shape index (κ3) is 4.51. The number of morpholine rings is 1. The van der Waals surface area contributed by atoms with Crippen molar-refractivity contribution >= 4 is 11.7 Å². The van der Waals surface area contributed by atoms with Crippen molar-refractivity contribution in [1.82, 2.24) is 14.9 Å². The molecule has 2 aliphatic heterocycles. The summed E-state index contributed by atoms with van der Waals surface area (Å²) in [5, 5.41) is 0. The Hall–Kier alpha value is -2.68. The van der Waals surface area contributed by atoms with Crippen molar-refractivity contribution in [2.75, 3.05) is 24.5 Å². The molecule has 0 saturated carbocycles. The van der Waals surface area contributed by atoms with E-state index < -0.39 is 11.7 Å². The molecule has 0 N–H and O–H groups in total. The SMILES string of the molecule is Cc1nc2c(c(N3CC(C)OC(C)C3)n1)CN(C(=O)c1ccc(C(F)(F)F)cc1)CC2. The van der Waals surface area contributed by atoms with Gasteiger partial charge < -0.3 is 14.5 Å². The van der Waals surface area contributed by atoms with E-state index in [4.69, 9.17) is 4.74 Å². The first-order chi connectivity index (χ1) is 14.6. The van der Waals surface area contributed by atoms with E-state index in [0.29, 0.717) is 38.4 Å². The van der Waals surface area contributed by atoms with Crippen LogP contribution in [0.15, 0.2) is 24.3 Å². The highest BCUT2D eigenvalue weighted by atomic mass is 19.4. The van der Waals surface area contributed by atoms with Gasteiger partial charge in [0.2, 0.25) is 0 Å². The smallest absolute Gasteiger partial charge is 0.372 e. The summed E-state index contributed by atoms with van der Waals surface area (Å²) in [5.74, 6) is 1.20. The van der Waals surface area contributed by atoms with Crippen molar-refractivity contribution < 1.29 is 22.7 Å². The van der Waals surface area contributed by atoms with Crippen LogP contribution in [0.2, 0.25) is 0 Å². The molecule has 0 radical (unpaired) electrons. The molecule has 2 unspecified atom stereocenters. The van der Waals surface area contributed by atoms with E-state index >= 15 is 0 Å². The maximum atomic E-state index is 13.0. The molecular formula is C22H25F3N4O2. The summed E-state index contributed by atoms with van der Waals surface area (Å²) in [7, 11) is 0. The zero-order chi connectivity index (χ0) is 22.3. The Labute approximate surface area is 179 Å². The molecule has 0 spiro atoms. The predicted octanol–water partition coefficient (Wildman–Crippen LogP) is 3.62. The summed E-state index contributed by atoms with van der Waals surface area (Å²) < 4.78 is 44.3. The molecule has 2 atom stereocenters. The Balaban J connectivity index is 1.60. The quantitative estimate of drug-likeness (QED) is 0.723. The highest BCUT2D eigenvalue weighted by molar-refractivity contribution is 5.94. The number of aromatic nitrogens is 2. The fourth-order valence-electron chi connectivity index (χ4n) is 4.29. The third-order valence-corrected chi connectivity index (χ3v) is 5.62. The number of nitrogens with zero attached hydrogens (tertiary/aromatic N) is 4. The zero-order valence-corrected chi connectivity index (χ0v) is 17.7. The number of alkyl halides is 3. The number of ether oxygens (including phenoxy) is 1. The third-order valence-electron chi connectivity index (χ3n) is 5.62. The number of rotatable bonds is 2. The van der Waals surface area contributed by atoms with Crippen LogP contribution in [-0.4, -0.2) is 52.6 Å². The molecule has 166 valence electrons. The molecule has 0 bridgehead atoms. The van der Waals surface area contributed by atoms with Crippen LogP contribution in [-0.2, 0) is 23.9 Å². The average Bonchev–Trinajstić information content (AvgIpc) is 2.71. The van der Waals surface area contributed by atoms with Gasteiger partial charge in [-0.2, -0.15) is 13.2 Å². The van der Waals surface area contributed by atoms with E-state index in [1.807, 2.05) is 20.8 Å². The van der Waals surface area contributed by atoms with Crippen molar-refractivity contribution in [1.29, 1.82) is 0 Å². The first kappa shape index (κ1) is 21.5. The number of aryl methyl sites for hydroxylation is 1. The molecular weight excluding hydrogens is 409 g/mol. The minimum Gasteiger partial charge on any atom is -0.372 e. The molecule has 2 aromatic rings. The molecule has 2 aliphatic rings. The van der Waals surface area contributed by atoms with Crippen molar-refractivity contribution in [2.45, 2.75) is 52.1 Å². The van der Waals surface area contributed by atoms with E-state index in [-0.39, 0.29) is 23.7 Å². The van der Waals surface area contributed by atoms with Crippen LogP contribution >= 0.6 is 0 Å². The Morgan fingerprint density at radius 2 is 1.74 bits per heavy atom. The van der Waals surface area contributed by atoms with Crippen molar-refractivity contribution in [3.05, 3.63) is 52.5 Å². The largest absolute Gasteiger partial charge is 0.416 e. The summed E-state index contributed by atoms with van der Waals surface area (Å²) in [5.41, 5.74) is 1.29. The van der Waals surface area contributed by atoms with Gasteiger partial charge >= 0.3 is 6.18 Å². The van der Waals surface area contributed by atoms with Gasteiger partial charge in [0.15, 0.2) is 0 Å². The lowest BCUT2D eigenvalue weighted by Gasteiger charge is -2.38. The number of hydrogen-bond donors (Lipinski definition) is 0. The number of halogens is 3. The second-order valence-corrected chi connectivity index (χ2v) is 8.23. The topological polar surface area (TPSA) is 58.6 Å². The number of hydrogen-bond acceptors (Lipinski definition) is 5. The molecule has 0 aliphatic carbocycles. The molecule has 4 rings (SSSR count). The standard InChI is InChI=1S/C22H25F3N4O2/c1-13-10-29(11-14(2)31-13)20-18-12-28(9-8-19(18)26-15(3)27-20)21(30)16-4-6-17(7-5-16)22(23,24)25/h4-7,13-14H,8-12H2,1-3H3. The number of anilines is 1. The molecule has 9 heteroatoms. The van der Waals surface area contributed by atoms with Gasteiger partial charge in [0.05, 0.1) is 30.0 Å². The number of fused-ring (bicyclic) bond motifs is 1. The Bertz CT molecular complexity index is 968. The van der Waals surface area contributed by atoms with Gasteiger partial charge in [-0.15, -0.1) is 0 Å². The number of benzene rings is 1. The van der Waals surface area contributed by atoms with Crippen LogP contribution < -0.4 is 4.90 Å². The molecule has 3 heterocycles. The normalized spacial score (nSPS) is 21.7. The van der Waals surface area contributed by atoms with Gasteiger partial charge in [-0.25, -0.2) is 9.97 Å². The van der Waals surface area contributed by atoms with Gasteiger partial charge in [0.1, 0.15) is 11.6 Å². The lowest BCUT2D eigenvalue weighted by Crippen LogP contribution is -2.47. The minimum atomic E-state index is -4.43. The highest BCUT2D eigenvalue weighted by Gasteiger charge is 2.32. The first-order valence-electron chi connectivity index (χ1n) is 10.3. The van der Waals surface area contributed by atoms with Gasteiger partial charge in [-0.1, -0.05) is 0 Å². The van der Waals surface area contributed by atoms with Gasteiger partial charge in [0, 0.05) is 37.2 Å². The van der Waals surface area contributed by atoms with Crippen LogP contribution in [0, 0.1) is 6.92 Å². The molecule has 1 aromatic heterocycles. The van der Waals surface area contributed by atoms with E-state index in [1.54, 1.807) is 4.90 Å². The molecule has 1 amide bonds. The number of amides is 1. The Morgan fingerprint density at radius 1 is 1.10 bits per heavy atom. The maximum Gasteiger partial charge on any atom is 0.416 e. The lowest BCUT2D eigenvalue weighted by molar-refractivity contribution is -0.137. The lowest BCUT2D eigenvalue weighted by atomic mass is 10.0. The maximum absolute atomic E-state index is 13.0. The summed E-state index contributed by atoms with van der Waals surface area (Å²) in [6, 6.07) is 4.36. The van der Waals surface area contributed by atoms with Gasteiger partial charge in [-0.3, -0.25) is 4.79 Å². The molecule has 1 aromatic carbocycles. The molecule has 31 heavy (non-hydrogen) atoms. The van der Waals surface area contributed by atoms with Gasteiger partial charge in [-0.05, 0) is 45.0 Å². The van der Waals surface area contributed by atoms with E-state index in [2.05, 4.69) is 14.9 Å². The van der Waals surface area contributed by atoms with Crippen LogP contribution in [0.4, 0.5) is 19.0 Å². The first-order valence-corrected chi connectivity index (χ1v) is 10.3. The predicted molar refractivity (Wildman–Crippen MR) is 109 cm³/mol. The van der Waals surface area contributed by atoms with Crippen molar-refractivity contribution in [3.8, 4) is 0 Å². The molecule has 1 saturated heterocycles. The number of carbonyl (C=O) groups excluding carboxylic acids is 1. The van der Waals surface area contributed by atoms with E-state index in [9.17, 15) is 18.0 Å². The number of carbonyl (C=O) groups is 1. The molecule has 6 nitrogen and oxygen atoms in total. The summed E-state index contributed by atoms with van der Waals surface area (Å²) in [4.78, 5) is 26.1. The van der Waals surface area contributed by atoms with E-state index in [1.165, 1.54) is 12.1 Å². The van der Waals surface area contributed by atoms with Crippen LogP contribution in [0.1, 0.15) is 46.9 Å². The van der Waals surface area contributed by atoms with Gasteiger partial charge in [0.25, 0.3) is 5.91 Å². The van der Waals surface area contributed by atoms with E-state index in [0.717, 1.165) is 29.2 Å². The second kappa shape index (κ2) is 8.11. The van der Waals surface area contributed by atoms with Crippen molar-refractivity contribution in [2.24, 2.45) is 0 Å². The fourth-order valence-corrected chi connectivity index (χ4v) is 4.29. The monoisotopic (exact) mass is 434 g/mol. The Kier molecular flexibility index (Phi) is 5.63. The summed E-state index contributed by atoms with van der Waals surface area (Å²) in [6.45, 7) is 8.06. The summed E-state index contributed by atoms with van der Waals surface area (Å²) >= 11 is 0. The van der Waals surface area contributed by atoms with Crippen LogP contribution in [0.25, 0.3) is 0 Å². The van der Waals surface area contributed by atoms with Crippen LogP contribution in [0.3, 0.4) is 0 Å². The fraction of sp³-hybridized carbons (Fsp3) is 0.500. The zero-order valence-electron chi connectivity index (χ0n) is 17.7. The average molecular weight is 434 g/mol. The summed E-state index contributed by atoms with van der Waals surface area (Å²) in [6.07, 6.45) is -3.73. The second-order valence-electron chi connectivity index (χ2n) is 8.23. The highest BCUT2D eigenvalue weighted by Crippen LogP contribution is 2.31. The minimum absolute atomic E-state index is 0.0585. The van der Waals surface area contributed by atoms with Crippen molar-refractivity contribution in [3.63, 3.8) is 0 Å².